The molecule has 0 heterocycles. The van der Waals surface area contributed by atoms with Gasteiger partial charge in [-0.1, -0.05) is 0 Å². The third-order valence-electron chi connectivity index (χ3n) is 6.16. The fourth-order valence-electron chi connectivity index (χ4n) is 4.65. The fourth-order valence-corrected chi connectivity index (χ4v) is 18.8. The van der Waals surface area contributed by atoms with Crippen molar-refractivity contribution in [3.05, 3.63) is 21.3 Å². The average molecular weight is 455 g/mol. The Hall–Kier alpha value is 0.239. The van der Waals surface area contributed by atoms with Crippen LogP contribution in [0.1, 0.15) is 92.9 Å². The van der Waals surface area contributed by atoms with Crippen molar-refractivity contribution in [1.29, 1.82) is 0 Å². The third kappa shape index (κ3) is 7.40. The Labute approximate surface area is 162 Å². The van der Waals surface area contributed by atoms with Gasteiger partial charge in [-0.25, -0.2) is 0 Å². The maximum atomic E-state index is 10.2. The molecule has 2 heteroatoms. The van der Waals surface area contributed by atoms with E-state index in [4.69, 9.17) is 0 Å². The van der Waals surface area contributed by atoms with Gasteiger partial charge in [-0.05, 0) is 0 Å². The molecule has 25 heavy (non-hydrogen) atoms. The van der Waals surface area contributed by atoms with E-state index in [0.717, 1.165) is 12.8 Å². The number of hydrogen-bond donors (Lipinski definition) is 1. The van der Waals surface area contributed by atoms with E-state index in [1.54, 1.807) is 0 Å². The quantitative estimate of drug-likeness (QED) is 0.321. The zero-order chi connectivity index (χ0) is 18.9. The predicted molar refractivity (Wildman–Crippen MR) is 116 cm³/mol. The van der Waals surface area contributed by atoms with Gasteiger partial charge in [0.1, 0.15) is 0 Å². The summed E-state index contributed by atoms with van der Waals surface area (Å²) in [7, 11) is 0. The molecule has 0 saturated carbocycles. The van der Waals surface area contributed by atoms with Crippen LogP contribution >= 0.6 is 0 Å². The molecule has 0 bridgehead atoms. The van der Waals surface area contributed by atoms with Crippen LogP contribution < -0.4 is 0 Å². The van der Waals surface area contributed by atoms with E-state index in [0.29, 0.717) is 0 Å². The normalized spacial score (nSPS) is 21.3. The molecule has 0 radical (unpaired) electrons. The molecule has 0 fully saturated rings. The van der Waals surface area contributed by atoms with Crippen molar-refractivity contribution in [2.24, 2.45) is 5.41 Å². The van der Waals surface area contributed by atoms with Gasteiger partial charge >= 0.3 is 163 Å². The molecule has 0 saturated heterocycles. The summed E-state index contributed by atoms with van der Waals surface area (Å²) in [4.78, 5) is 0. The van der Waals surface area contributed by atoms with Gasteiger partial charge in [-0.3, -0.25) is 0 Å². The summed E-state index contributed by atoms with van der Waals surface area (Å²) in [5.41, 5.74) is 3.07. The van der Waals surface area contributed by atoms with Gasteiger partial charge in [0.15, 0.2) is 0 Å². The molecule has 0 unspecified atom stereocenters. The second kappa shape index (κ2) is 11.2. The Morgan fingerprint density at radius 2 is 1.48 bits per heavy atom. The number of aliphatic hydroxyl groups is 1. The van der Waals surface area contributed by atoms with Gasteiger partial charge in [0.25, 0.3) is 0 Å². The van der Waals surface area contributed by atoms with E-state index < -0.39 is 18.4 Å². The molecule has 1 atom stereocenters. The number of unbranched alkanes of at least 4 members (excludes halogenated alkanes) is 3. The van der Waals surface area contributed by atoms with Crippen LogP contribution in [0.2, 0.25) is 13.3 Å². The predicted octanol–water partition coefficient (Wildman–Crippen LogP) is 7.43. The summed E-state index contributed by atoms with van der Waals surface area (Å²) in [6.45, 7) is 13.9. The van der Waals surface area contributed by atoms with Crippen molar-refractivity contribution in [1.82, 2.24) is 0 Å². The molecule has 0 spiro atoms. The molecule has 0 amide bonds. The van der Waals surface area contributed by atoms with Crippen LogP contribution in [0.4, 0.5) is 0 Å². The molecule has 0 aromatic rings. The van der Waals surface area contributed by atoms with E-state index in [1.165, 1.54) is 63.0 Å². The van der Waals surface area contributed by atoms with Gasteiger partial charge in [0.2, 0.25) is 0 Å². The van der Waals surface area contributed by atoms with Crippen molar-refractivity contribution < 1.29 is 5.11 Å². The van der Waals surface area contributed by atoms with Crippen LogP contribution in [0.5, 0.6) is 0 Å². The topological polar surface area (TPSA) is 20.2 Å². The first-order valence-corrected chi connectivity index (χ1v) is 18.6. The van der Waals surface area contributed by atoms with E-state index in [1.807, 2.05) is 0 Å². The Morgan fingerprint density at radius 1 is 1.00 bits per heavy atom. The van der Waals surface area contributed by atoms with Crippen molar-refractivity contribution in [2.45, 2.75) is 112 Å². The van der Waals surface area contributed by atoms with Crippen LogP contribution in [0.15, 0.2) is 21.3 Å². The van der Waals surface area contributed by atoms with Gasteiger partial charge in [0.05, 0.1) is 0 Å². The standard InChI is InChI=1S/C11H17O.3C4H9.Sn/c1-5-10-8(2)6-9(12)7-11(10,3)4;3*1-3-4-2;/h1,5,9,12H,6-7H2,2-4H3;3*1,3-4H2,2H3;/t9-;;;;/m1..../s1. The number of aliphatic hydroxyl groups excluding tert-OH is 1. The first-order valence-electron chi connectivity index (χ1n) is 10.9. The SMILES string of the molecule is CCC[CH2][Sn](/[CH]=C/C1=C(C)C[C@@H](O)CC1(C)C)([CH2]CCC)[CH2]CCC. The van der Waals surface area contributed by atoms with Crippen LogP contribution in [0.3, 0.4) is 0 Å². The molecule has 1 rings (SSSR count). The van der Waals surface area contributed by atoms with Crippen molar-refractivity contribution >= 4 is 18.4 Å². The van der Waals surface area contributed by atoms with Crippen molar-refractivity contribution in [3.63, 3.8) is 0 Å². The molecule has 0 aromatic carbocycles. The van der Waals surface area contributed by atoms with E-state index >= 15 is 0 Å². The Balaban J connectivity index is 3.11. The molecule has 1 aliphatic rings. The minimum atomic E-state index is -2.20. The van der Waals surface area contributed by atoms with Crippen molar-refractivity contribution in [3.8, 4) is 0 Å². The molecule has 1 N–H and O–H groups in total. The summed E-state index contributed by atoms with van der Waals surface area (Å²) in [6.07, 6.45) is 12.5. The second-order valence-electron chi connectivity index (χ2n) is 9.15. The third-order valence-corrected chi connectivity index (χ3v) is 20.2. The van der Waals surface area contributed by atoms with Gasteiger partial charge in [0, 0.05) is 0 Å². The summed E-state index contributed by atoms with van der Waals surface area (Å²) in [5, 5.41) is 10.2. The van der Waals surface area contributed by atoms with Crippen LogP contribution in [-0.2, 0) is 0 Å². The average Bonchev–Trinajstić information content (AvgIpc) is 2.54. The first-order chi connectivity index (χ1) is 11.8. The molecular formula is C23H44OSn. The molecule has 0 aliphatic heterocycles. The second-order valence-corrected chi connectivity index (χ2v) is 22.2. The Bertz CT molecular complexity index is 425. The summed E-state index contributed by atoms with van der Waals surface area (Å²) >= 11 is -2.20. The first kappa shape index (κ1) is 23.3. The molecule has 1 nitrogen and oxygen atoms in total. The zero-order valence-electron chi connectivity index (χ0n) is 18.0. The van der Waals surface area contributed by atoms with Crippen LogP contribution in [0, 0.1) is 5.41 Å². The van der Waals surface area contributed by atoms with Gasteiger partial charge in [-0.15, -0.1) is 0 Å². The van der Waals surface area contributed by atoms with E-state index in [2.05, 4.69) is 51.7 Å². The molecule has 146 valence electrons. The van der Waals surface area contributed by atoms with Crippen LogP contribution in [-0.4, -0.2) is 29.6 Å². The Morgan fingerprint density at radius 3 is 1.88 bits per heavy atom. The van der Waals surface area contributed by atoms with Gasteiger partial charge < -0.3 is 0 Å². The Kier molecular flexibility index (Phi) is 10.4. The summed E-state index contributed by atoms with van der Waals surface area (Å²) in [6, 6.07) is 0. The van der Waals surface area contributed by atoms with E-state index in [9.17, 15) is 5.11 Å². The summed E-state index contributed by atoms with van der Waals surface area (Å²) in [5.74, 6) is 0. The zero-order valence-corrected chi connectivity index (χ0v) is 20.8. The summed E-state index contributed by atoms with van der Waals surface area (Å²) < 4.78 is 7.42. The molecule has 0 aromatic heterocycles. The van der Waals surface area contributed by atoms with Crippen molar-refractivity contribution in [2.75, 3.05) is 0 Å². The van der Waals surface area contributed by atoms with Crippen LogP contribution in [0.25, 0.3) is 0 Å². The van der Waals surface area contributed by atoms with Gasteiger partial charge in [-0.2, -0.15) is 0 Å². The number of allylic oxidation sites excluding steroid dienone is 2. The monoisotopic (exact) mass is 456 g/mol. The van der Waals surface area contributed by atoms with E-state index in [-0.39, 0.29) is 11.5 Å². The molecule has 1 aliphatic carbocycles. The maximum absolute atomic E-state index is 10.2. The molecular weight excluding hydrogens is 411 g/mol. The number of hydrogen-bond acceptors (Lipinski definition) is 1. The fraction of sp³-hybridized carbons (Fsp3) is 0.826. The number of rotatable bonds is 11. The minimum absolute atomic E-state index is 0.121.